The van der Waals surface area contributed by atoms with Crippen LogP contribution in [-0.2, 0) is 6.54 Å². The number of alkyl halides is 2. The summed E-state index contributed by atoms with van der Waals surface area (Å²) in [5.41, 5.74) is 2.96. The number of aromatic nitrogens is 2. The molecule has 1 amide bonds. The Bertz CT molecular complexity index is 1380. The Balaban J connectivity index is 1.52. The van der Waals surface area contributed by atoms with Crippen LogP contribution in [0.15, 0.2) is 71.7 Å². The van der Waals surface area contributed by atoms with Gasteiger partial charge in [0.1, 0.15) is 11.3 Å². The largest absolute Gasteiger partial charge is 0.435 e. The fraction of sp³-hybridized carbons (Fsp3) is 0.160. The van der Waals surface area contributed by atoms with Crippen molar-refractivity contribution in [3.05, 3.63) is 98.8 Å². The van der Waals surface area contributed by atoms with Gasteiger partial charge < -0.3 is 9.30 Å². The molecule has 0 unspecified atom stereocenters. The van der Waals surface area contributed by atoms with E-state index in [0.29, 0.717) is 22.9 Å². The zero-order valence-corrected chi connectivity index (χ0v) is 19.2. The minimum atomic E-state index is -2.90. The Morgan fingerprint density at radius 3 is 2.59 bits per heavy atom. The van der Waals surface area contributed by atoms with E-state index >= 15 is 0 Å². The van der Waals surface area contributed by atoms with Crippen LogP contribution in [0.1, 0.15) is 26.4 Å². The number of aryl methyl sites for hydroxylation is 2. The van der Waals surface area contributed by atoms with Crippen molar-refractivity contribution in [2.24, 2.45) is 0 Å². The van der Waals surface area contributed by atoms with Gasteiger partial charge in [-0.2, -0.15) is 8.78 Å². The van der Waals surface area contributed by atoms with Gasteiger partial charge in [-0.05, 0) is 55.8 Å². The standard InChI is InChI=1S/C25H21F2N3O3S/c1-15-5-3-6-17(13-15)14-30-12-4-7-20(23(30)32)22(31)29-25-28-21(16(2)34-25)18-8-10-19(11-9-18)33-24(26)27/h3-13,24H,14H2,1-2H3,(H,28,29,31). The van der Waals surface area contributed by atoms with E-state index in [4.69, 9.17) is 0 Å². The lowest BCUT2D eigenvalue weighted by atomic mass is 10.1. The summed E-state index contributed by atoms with van der Waals surface area (Å²) in [6.07, 6.45) is 1.65. The minimum Gasteiger partial charge on any atom is -0.435 e. The molecule has 34 heavy (non-hydrogen) atoms. The maximum absolute atomic E-state index is 12.9. The molecule has 4 aromatic rings. The highest BCUT2D eigenvalue weighted by Gasteiger charge is 2.17. The van der Waals surface area contributed by atoms with Crippen molar-refractivity contribution in [1.82, 2.24) is 9.55 Å². The predicted molar refractivity (Wildman–Crippen MR) is 128 cm³/mol. The molecule has 0 saturated carbocycles. The zero-order valence-electron chi connectivity index (χ0n) is 18.4. The number of benzene rings is 2. The lowest BCUT2D eigenvalue weighted by Gasteiger charge is -2.08. The monoisotopic (exact) mass is 481 g/mol. The van der Waals surface area contributed by atoms with Crippen LogP contribution in [0.25, 0.3) is 11.3 Å². The Hall–Kier alpha value is -3.85. The summed E-state index contributed by atoms with van der Waals surface area (Å²) in [6, 6.07) is 17.1. The van der Waals surface area contributed by atoms with Gasteiger partial charge in [-0.1, -0.05) is 29.8 Å². The maximum atomic E-state index is 12.9. The van der Waals surface area contributed by atoms with Crippen molar-refractivity contribution >= 4 is 22.4 Å². The van der Waals surface area contributed by atoms with E-state index in [1.165, 1.54) is 34.1 Å². The van der Waals surface area contributed by atoms with E-state index in [-0.39, 0.29) is 11.3 Å². The number of carbonyl (C=O) groups excluding carboxylic acids is 1. The van der Waals surface area contributed by atoms with Crippen LogP contribution in [-0.4, -0.2) is 22.1 Å². The van der Waals surface area contributed by atoms with Gasteiger partial charge in [-0.15, -0.1) is 11.3 Å². The number of carbonyl (C=O) groups is 1. The number of hydrogen-bond acceptors (Lipinski definition) is 5. The van der Waals surface area contributed by atoms with Gasteiger partial charge in [0.15, 0.2) is 5.13 Å². The lowest BCUT2D eigenvalue weighted by molar-refractivity contribution is -0.0498. The van der Waals surface area contributed by atoms with Crippen LogP contribution in [0.4, 0.5) is 13.9 Å². The summed E-state index contributed by atoms with van der Waals surface area (Å²) in [6.45, 7) is 1.27. The summed E-state index contributed by atoms with van der Waals surface area (Å²) in [5, 5.41) is 3.03. The van der Waals surface area contributed by atoms with Gasteiger partial charge in [0.05, 0.1) is 12.2 Å². The first kappa shape index (κ1) is 23.3. The van der Waals surface area contributed by atoms with Crippen LogP contribution >= 0.6 is 11.3 Å². The molecule has 6 nitrogen and oxygen atoms in total. The Labute approximate surface area is 198 Å². The minimum absolute atomic E-state index is 0.0121. The smallest absolute Gasteiger partial charge is 0.387 e. The second-order valence-corrected chi connectivity index (χ2v) is 8.83. The molecule has 9 heteroatoms. The molecular weight excluding hydrogens is 460 g/mol. The van der Waals surface area contributed by atoms with Crippen LogP contribution in [0.5, 0.6) is 5.75 Å². The lowest BCUT2D eigenvalue weighted by Crippen LogP contribution is -2.29. The van der Waals surface area contributed by atoms with Gasteiger partial charge in [0.25, 0.3) is 11.5 Å². The predicted octanol–water partition coefficient (Wildman–Crippen LogP) is 5.49. The third-order valence-corrected chi connectivity index (χ3v) is 5.96. The number of nitrogens with zero attached hydrogens (tertiary/aromatic N) is 2. The topological polar surface area (TPSA) is 73.2 Å². The van der Waals surface area contributed by atoms with Crippen molar-refractivity contribution in [3.63, 3.8) is 0 Å². The average molecular weight is 482 g/mol. The van der Waals surface area contributed by atoms with E-state index in [1.807, 2.05) is 38.1 Å². The van der Waals surface area contributed by atoms with Gasteiger partial charge in [-0.3, -0.25) is 14.9 Å². The SMILES string of the molecule is Cc1cccc(Cn2cccc(C(=O)Nc3nc(-c4ccc(OC(F)F)cc4)c(C)s3)c2=O)c1. The van der Waals surface area contributed by atoms with Crippen molar-refractivity contribution in [1.29, 1.82) is 0 Å². The highest BCUT2D eigenvalue weighted by molar-refractivity contribution is 7.16. The van der Waals surface area contributed by atoms with Crippen LogP contribution < -0.4 is 15.6 Å². The molecule has 2 aromatic heterocycles. The molecule has 0 fully saturated rings. The number of ether oxygens (including phenoxy) is 1. The second kappa shape index (κ2) is 9.96. The first-order valence-electron chi connectivity index (χ1n) is 10.4. The third-order valence-electron chi connectivity index (χ3n) is 5.07. The number of anilines is 1. The van der Waals surface area contributed by atoms with Crippen LogP contribution in [0.2, 0.25) is 0 Å². The molecule has 0 atom stereocenters. The molecule has 1 N–H and O–H groups in total. The first-order valence-corrected chi connectivity index (χ1v) is 11.2. The number of rotatable bonds is 7. The third kappa shape index (κ3) is 5.37. The summed E-state index contributed by atoms with van der Waals surface area (Å²) in [4.78, 5) is 31.0. The second-order valence-electron chi connectivity index (χ2n) is 7.62. The van der Waals surface area contributed by atoms with Crippen LogP contribution in [0.3, 0.4) is 0 Å². The highest BCUT2D eigenvalue weighted by atomic mass is 32.1. The molecule has 0 saturated heterocycles. The Kier molecular flexibility index (Phi) is 6.83. The molecule has 0 aliphatic carbocycles. The molecule has 0 bridgehead atoms. The summed E-state index contributed by atoms with van der Waals surface area (Å²) in [5.74, 6) is -0.504. The van der Waals surface area contributed by atoms with E-state index < -0.39 is 18.1 Å². The number of halogens is 2. The number of nitrogens with one attached hydrogen (secondary N) is 1. The molecular formula is C25H21F2N3O3S. The fourth-order valence-corrected chi connectivity index (χ4v) is 4.35. The van der Waals surface area contributed by atoms with E-state index in [0.717, 1.165) is 16.0 Å². The highest BCUT2D eigenvalue weighted by Crippen LogP contribution is 2.31. The van der Waals surface area contributed by atoms with Crippen molar-refractivity contribution in [2.45, 2.75) is 27.0 Å². The normalized spacial score (nSPS) is 11.0. The van der Waals surface area contributed by atoms with E-state index in [2.05, 4.69) is 15.0 Å². The molecule has 2 heterocycles. The van der Waals surface area contributed by atoms with E-state index in [9.17, 15) is 18.4 Å². The molecule has 0 radical (unpaired) electrons. The number of pyridine rings is 1. The Morgan fingerprint density at radius 1 is 1.12 bits per heavy atom. The molecule has 0 spiro atoms. The molecule has 0 aliphatic heterocycles. The maximum Gasteiger partial charge on any atom is 0.387 e. The Morgan fingerprint density at radius 2 is 1.88 bits per heavy atom. The quantitative estimate of drug-likeness (QED) is 0.379. The fourth-order valence-electron chi connectivity index (χ4n) is 3.52. The zero-order chi connectivity index (χ0) is 24.2. The number of hydrogen-bond donors (Lipinski definition) is 1. The van der Waals surface area contributed by atoms with Gasteiger partial charge in [-0.25, -0.2) is 4.98 Å². The summed E-state index contributed by atoms with van der Waals surface area (Å²) >= 11 is 1.26. The average Bonchev–Trinajstić information content (AvgIpc) is 3.15. The van der Waals surface area contributed by atoms with Crippen molar-refractivity contribution < 1.29 is 18.3 Å². The summed E-state index contributed by atoms with van der Waals surface area (Å²) < 4.78 is 30.6. The summed E-state index contributed by atoms with van der Waals surface area (Å²) in [7, 11) is 0. The van der Waals surface area contributed by atoms with Gasteiger partial charge in [0, 0.05) is 16.6 Å². The molecule has 4 rings (SSSR count). The number of amides is 1. The van der Waals surface area contributed by atoms with Gasteiger partial charge >= 0.3 is 6.61 Å². The number of thiazole rings is 1. The van der Waals surface area contributed by atoms with Crippen molar-refractivity contribution in [2.75, 3.05) is 5.32 Å². The van der Waals surface area contributed by atoms with Crippen LogP contribution in [0, 0.1) is 13.8 Å². The van der Waals surface area contributed by atoms with Crippen molar-refractivity contribution in [3.8, 4) is 17.0 Å². The first-order chi connectivity index (χ1) is 16.3. The van der Waals surface area contributed by atoms with E-state index in [1.54, 1.807) is 24.4 Å². The molecule has 2 aromatic carbocycles. The molecule has 0 aliphatic rings. The molecule has 174 valence electrons. The van der Waals surface area contributed by atoms with Gasteiger partial charge in [0.2, 0.25) is 0 Å².